The van der Waals surface area contributed by atoms with Gasteiger partial charge in [0.05, 0.1) is 11.5 Å². The second-order valence-electron chi connectivity index (χ2n) is 5.22. The third-order valence-corrected chi connectivity index (χ3v) is 5.14. The first kappa shape index (κ1) is 12.1. The molecule has 0 bridgehead atoms. The number of sulfone groups is 1. The molecule has 0 aromatic carbocycles. The summed E-state index contributed by atoms with van der Waals surface area (Å²) in [6.45, 7) is 0.510. The first-order valence-electron chi connectivity index (χ1n) is 6.36. The summed E-state index contributed by atoms with van der Waals surface area (Å²) in [6, 6.07) is -0.0991. The maximum atomic E-state index is 11.5. The maximum absolute atomic E-state index is 11.5. The van der Waals surface area contributed by atoms with E-state index in [-0.39, 0.29) is 17.5 Å². The molecule has 7 heteroatoms. The van der Waals surface area contributed by atoms with Gasteiger partial charge in [0.1, 0.15) is 0 Å². The molecule has 2 aliphatic rings. The molecule has 2 heterocycles. The summed E-state index contributed by atoms with van der Waals surface area (Å²) in [6.07, 6.45) is 3.90. The van der Waals surface area contributed by atoms with Crippen LogP contribution in [0.1, 0.15) is 24.6 Å². The van der Waals surface area contributed by atoms with Gasteiger partial charge in [-0.25, -0.2) is 8.42 Å². The molecule has 6 nitrogen and oxygen atoms in total. The number of rotatable bonds is 4. The molecule has 1 N–H and O–H groups in total. The van der Waals surface area contributed by atoms with Crippen LogP contribution in [-0.2, 0) is 22.7 Å². The van der Waals surface area contributed by atoms with E-state index in [1.807, 2.05) is 0 Å². The van der Waals surface area contributed by atoms with Crippen LogP contribution in [0.5, 0.6) is 0 Å². The van der Waals surface area contributed by atoms with Crippen molar-refractivity contribution in [3.05, 3.63) is 11.7 Å². The molecule has 1 unspecified atom stereocenters. The molecule has 2 fully saturated rings. The van der Waals surface area contributed by atoms with Gasteiger partial charge < -0.3 is 9.84 Å². The highest BCUT2D eigenvalue weighted by Gasteiger charge is 2.27. The Labute approximate surface area is 106 Å². The lowest BCUT2D eigenvalue weighted by Crippen LogP contribution is -2.46. The molecule has 1 atom stereocenters. The Bertz CT molecular complexity index is 521. The second kappa shape index (κ2) is 4.62. The Kier molecular flexibility index (Phi) is 3.11. The minimum atomic E-state index is -2.91. The summed E-state index contributed by atoms with van der Waals surface area (Å²) in [5, 5.41) is 7.11. The average Bonchev–Trinajstić information content (AvgIpc) is 2.98. The minimum absolute atomic E-state index is 0.0991. The van der Waals surface area contributed by atoms with Crippen LogP contribution in [-0.4, -0.2) is 42.7 Å². The zero-order valence-corrected chi connectivity index (χ0v) is 10.9. The lowest BCUT2D eigenvalue weighted by atomic mass is 10.2. The molecule has 0 spiro atoms. The summed E-state index contributed by atoms with van der Waals surface area (Å²) < 4.78 is 28.2. The Morgan fingerprint density at radius 1 is 1.33 bits per heavy atom. The molecule has 100 valence electrons. The third kappa shape index (κ3) is 3.08. The van der Waals surface area contributed by atoms with Crippen molar-refractivity contribution in [3.63, 3.8) is 0 Å². The standard InChI is InChI=1S/C11H17N3O3S/c15-18(16)4-3-12-9(7-18)6-11-13-10(14-17-11)5-8-1-2-8/h8-9,12H,1-7H2. The average molecular weight is 271 g/mol. The third-order valence-electron chi connectivity index (χ3n) is 3.40. The minimum Gasteiger partial charge on any atom is -0.339 e. The fraction of sp³-hybridized carbons (Fsp3) is 0.818. The van der Waals surface area contributed by atoms with Gasteiger partial charge in [-0.2, -0.15) is 4.98 Å². The zero-order valence-electron chi connectivity index (χ0n) is 10.1. The summed E-state index contributed by atoms with van der Waals surface area (Å²) in [4.78, 5) is 4.32. The van der Waals surface area contributed by atoms with Gasteiger partial charge in [0, 0.05) is 25.4 Å². The molecule has 0 amide bonds. The first-order valence-corrected chi connectivity index (χ1v) is 8.18. The maximum Gasteiger partial charge on any atom is 0.228 e. The second-order valence-corrected chi connectivity index (χ2v) is 7.45. The Balaban J connectivity index is 1.59. The summed E-state index contributed by atoms with van der Waals surface area (Å²) in [5.41, 5.74) is 0. The van der Waals surface area contributed by atoms with E-state index >= 15 is 0 Å². The summed E-state index contributed by atoms with van der Waals surface area (Å²) in [5.74, 6) is 2.41. The first-order chi connectivity index (χ1) is 8.61. The Morgan fingerprint density at radius 3 is 2.89 bits per heavy atom. The molecule has 1 aromatic heterocycles. The van der Waals surface area contributed by atoms with Crippen LogP contribution in [0.2, 0.25) is 0 Å². The smallest absolute Gasteiger partial charge is 0.228 e. The van der Waals surface area contributed by atoms with Crippen LogP contribution in [0.25, 0.3) is 0 Å². The highest BCUT2D eigenvalue weighted by molar-refractivity contribution is 7.91. The van der Waals surface area contributed by atoms with E-state index in [1.54, 1.807) is 0 Å². The molecule has 18 heavy (non-hydrogen) atoms. The quantitative estimate of drug-likeness (QED) is 0.826. The predicted octanol–water partition coefficient (Wildman–Crippen LogP) is -0.0488. The van der Waals surface area contributed by atoms with E-state index in [9.17, 15) is 8.42 Å². The van der Waals surface area contributed by atoms with Crippen LogP contribution < -0.4 is 5.32 Å². The zero-order chi connectivity index (χ0) is 12.6. The molecule has 1 saturated carbocycles. The van der Waals surface area contributed by atoms with Gasteiger partial charge in [-0.1, -0.05) is 5.16 Å². The van der Waals surface area contributed by atoms with Crippen LogP contribution >= 0.6 is 0 Å². The van der Waals surface area contributed by atoms with Crippen molar-refractivity contribution in [1.82, 2.24) is 15.5 Å². The summed E-state index contributed by atoms with van der Waals surface area (Å²) >= 11 is 0. The van der Waals surface area contributed by atoms with Crippen molar-refractivity contribution >= 4 is 9.84 Å². The van der Waals surface area contributed by atoms with Gasteiger partial charge in [0.15, 0.2) is 15.7 Å². The Hall–Kier alpha value is -0.950. The van der Waals surface area contributed by atoms with Gasteiger partial charge >= 0.3 is 0 Å². The monoisotopic (exact) mass is 271 g/mol. The highest BCUT2D eigenvalue weighted by atomic mass is 32.2. The topological polar surface area (TPSA) is 85.1 Å². The lowest BCUT2D eigenvalue weighted by Gasteiger charge is -2.21. The van der Waals surface area contributed by atoms with Crippen molar-refractivity contribution in [1.29, 1.82) is 0 Å². The SMILES string of the molecule is O=S1(=O)CCNC(Cc2nc(CC3CC3)no2)C1. The molecule has 1 aliphatic carbocycles. The number of hydrogen-bond donors (Lipinski definition) is 1. The van der Waals surface area contributed by atoms with E-state index in [0.717, 1.165) is 18.2 Å². The number of nitrogens with zero attached hydrogens (tertiary/aromatic N) is 2. The molecule has 1 aromatic rings. The predicted molar refractivity (Wildman–Crippen MR) is 64.9 cm³/mol. The number of aromatic nitrogens is 2. The highest BCUT2D eigenvalue weighted by Crippen LogP contribution is 2.31. The normalized spacial score (nSPS) is 27.2. The Morgan fingerprint density at radius 2 is 2.17 bits per heavy atom. The fourth-order valence-electron chi connectivity index (χ4n) is 2.25. The molecule has 0 radical (unpaired) electrons. The van der Waals surface area contributed by atoms with Crippen molar-refractivity contribution in [3.8, 4) is 0 Å². The van der Waals surface area contributed by atoms with Crippen LogP contribution in [0.3, 0.4) is 0 Å². The van der Waals surface area contributed by atoms with Crippen molar-refractivity contribution in [2.45, 2.75) is 31.7 Å². The van der Waals surface area contributed by atoms with Gasteiger partial charge in [0.25, 0.3) is 0 Å². The number of hydrogen-bond acceptors (Lipinski definition) is 6. The van der Waals surface area contributed by atoms with Crippen LogP contribution in [0.15, 0.2) is 4.52 Å². The van der Waals surface area contributed by atoms with Crippen molar-refractivity contribution in [2.24, 2.45) is 5.92 Å². The van der Waals surface area contributed by atoms with Gasteiger partial charge in [0.2, 0.25) is 5.89 Å². The van der Waals surface area contributed by atoms with Crippen molar-refractivity contribution < 1.29 is 12.9 Å². The number of nitrogens with one attached hydrogen (secondary N) is 1. The fourth-order valence-corrected chi connectivity index (χ4v) is 3.69. The molecule has 1 saturated heterocycles. The van der Waals surface area contributed by atoms with Gasteiger partial charge in [-0.15, -0.1) is 0 Å². The lowest BCUT2D eigenvalue weighted by molar-refractivity contribution is 0.356. The van der Waals surface area contributed by atoms with Gasteiger partial charge in [-0.3, -0.25) is 0 Å². The van der Waals surface area contributed by atoms with Crippen molar-refractivity contribution in [2.75, 3.05) is 18.1 Å². The van der Waals surface area contributed by atoms with E-state index in [2.05, 4.69) is 15.5 Å². The van der Waals surface area contributed by atoms with Gasteiger partial charge in [-0.05, 0) is 18.8 Å². The van der Waals surface area contributed by atoms with Crippen LogP contribution in [0, 0.1) is 5.92 Å². The van der Waals surface area contributed by atoms with E-state index < -0.39 is 9.84 Å². The summed E-state index contributed by atoms with van der Waals surface area (Å²) in [7, 11) is -2.91. The van der Waals surface area contributed by atoms with Crippen LogP contribution in [0.4, 0.5) is 0 Å². The van der Waals surface area contributed by atoms with E-state index in [4.69, 9.17) is 4.52 Å². The largest absolute Gasteiger partial charge is 0.339 e. The molecule has 3 rings (SSSR count). The molecular formula is C11H17N3O3S. The molecular weight excluding hydrogens is 254 g/mol. The molecule has 1 aliphatic heterocycles. The van der Waals surface area contributed by atoms with E-state index in [1.165, 1.54) is 12.8 Å². The van der Waals surface area contributed by atoms with E-state index in [0.29, 0.717) is 18.9 Å².